The summed E-state index contributed by atoms with van der Waals surface area (Å²) in [5.41, 5.74) is 3.09. The quantitative estimate of drug-likeness (QED) is 0.498. The van der Waals surface area contributed by atoms with Gasteiger partial charge in [-0.3, -0.25) is 10.1 Å². The van der Waals surface area contributed by atoms with Gasteiger partial charge >= 0.3 is 0 Å². The minimum Gasteiger partial charge on any atom is -0.312 e. The summed E-state index contributed by atoms with van der Waals surface area (Å²) in [6.45, 7) is 3.18. The Balaban J connectivity index is 1.90. The lowest BCUT2D eigenvalue weighted by Gasteiger charge is -2.06. The predicted molar refractivity (Wildman–Crippen MR) is 79.7 cm³/mol. The molecular weight excluding hydrogens is 252 g/mol. The highest BCUT2D eigenvalue weighted by Crippen LogP contribution is 2.19. The molecule has 0 bridgehead atoms. The van der Waals surface area contributed by atoms with Gasteiger partial charge in [-0.05, 0) is 31.0 Å². The van der Waals surface area contributed by atoms with Crippen LogP contribution in [0.15, 0.2) is 48.5 Å². The Labute approximate surface area is 118 Å². The van der Waals surface area contributed by atoms with Gasteiger partial charge in [0.05, 0.1) is 4.92 Å². The Morgan fingerprint density at radius 3 is 2.60 bits per heavy atom. The van der Waals surface area contributed by atoms with Crippen molar-refractivity contribution in [3.63, 3.8) is 0 Å². The fourth-order valence-corrected chi connectivity index (χ4v) is 2.09. The molecule has 1 N–H and O–H groups in total. The van der Waals surface area contributed by atoms with Crippen molar-refractivity contribution in [3.8, 4) is 0 Å². The highest BCUT2D eigenvalue weighted by atomic mass is 16.6. The maximum absolute atomic E-state index is 11.0. The number of benzene rings is 2. The van der Waals surface area contributed by atoms with Crippen LogP contribution in [-0.2, 0) is 13.0 Å². The summed E-state index contributed by atoms with van der Waals surface area (Å²) < 4.78 is 0. The third-order valence-electron chi connectivity index (χ3n) is 3.19. The SMILES string of the molecule is Cc1ccc(CNCCc2ccccc2)c([N+](=O)[O-])c1. The van der Waals surface area contributed by atoms with E-state index in [2.05, 4.69) is 17.4 Å². The monoisotopic (exact) mass is 270 g/mol. The van der Waals surface area contributed by atoms with Crippen molar-refractivity contribution in [3.05, 3.63) is 75.3 Å². The van der Waals surface area contributed by atoms with Crippen LogP contribution in [0.4, 0.5) is 5.69 Å². The first-order valence-corrected chi connectivity index (χ1v) is 6.65. The highest BCUT2D eigenvalue weighted by molar-refractivity contribution is 5.42. The van der Waals surface area contributed by atoms with Crippen LogP contribution < -0.4 is 5.32 Å². The molecule has 104 valence electrons. The maximum atomic E-state index is 11.0. The molecule has 0 saturated carbocycles. The van der Waals surface area contributed by atoms with E-state index in [4.69, 9.17) is 0 Å². The van der Waals surface area contributed by atoms with Gasteiger partial charge in [-0.25, -0.2) is 0 Å². The molecule has 2 aromatic rings. The summed E-state index contributed by atoms with van der Waals surface area (Å²) in [7, 11) is 0. The van der Waals surface area contributed by atoms with Crippen LogP contribution in [0.2, 0.25) is 0 Å². The first-order valence-electron chi connectivity index (χ1n) is 6.65. The predicted octanol–water partition coefficient (Wildman–Crippen LogP) is 3.24. The van der Waals surface area contributed by atoms with Crippen molar-refractivity contribution in [1.82, 2.24) is 5.32 Å². The van der Waals surface area contributed by atoms with Crippen LogP contribution in [0.1, 0.15) is 16.7 Å². The van der Waals surface area contributed by atoms with E-state index in [9.17, 15) is 10.1 Å². The van der Waals surface area contributed by atoms with Crippen LogP contribution in [0.5, 0.6) is 0 Å². The fourth-order valence-electron chi connectivity index (χ4n) is 2.09. The third-order valence-corrected chi connectivity index (χ3v) is 3.19. The molecule has 0 fully saturated rings. The molecule has 0 aliphatic heterocycles. The molecule has 4 heteroatoms. The lowest BCUT2D eigenvalue weighted by atomic mass is 10.1. The Kier molecular flexibility index (Phi) is 4.85. The lowest BCUT2D eigenvalue weighted by Crippen LogP contribution is -2.17. The Bertz CT molecular complexity index is 582. The maximum Gasteiger partial charge on any atom is 0.274 e. The van der Waals surface area contributed by atoms with Gasteiger partial charge < -0.3 is 5.32 Å². The zero-order valence-electron chi connectivity index (χ0n) is 11.5. The van der Waals surface area contributed by atoms with Crippen molar-refractivity contribution < 1.29 is 4.92 Å². The van der Waals surface area contributed by atoms with Crippen LogP contribution in [0, 0.1) is 17.0 Å². The molecule has 4 nitrogen and oxygen atoms in total. The Morgan fingerprint density at radius 1 is 1.15 bits per heavy atom. The van der Waals surface area contributed by atoms with Gasteiger partial charge in [0.1, 0.15) is 0 Å². The number of nitro groups is 1. The van der Waals surface area contributed by atoms with E-state index in [-0.39, 0.29) is 10.6 Å². The summed E-state index contributed by atoms with van der Waals surface area (Å²) >= 11 is 0. The minimum atomic E-state index is -0.318. The summed E-state index contributed by atoms with van der Waals surface area (Å²) in [6.07, 6.45) is 0.917. The second kappa shape index (κ2) is 6.82. The topological polar surface area (TPSA) is 55.2 Å². The molecule has 0 aliphatic carbocycles. The zero-order chi connectivity index (χ0) is 14.4. The Hall–Kier alpha value is -2.20. The van der Waals surface area contributed by atoms with Crippen molar-refractivity contribution in [1.29, 1.82) is 0 Å². The van der Waals surface area contributed by atoms with Gasteiger partial charge in [0.15, 0.2) is 0 Å². The summed E-state index contributed by atoms with van der Waals surface area (Å²) in [5.74, 6) is 0. The van der Waals surface area contributed by atoms with Crippen LogP contribution in [-0.4, -0.2) is 11.5 Å². The zero-order valence-corrected chi connectivity index (χ0v) is 11.5. The molecular formula is C16H18N2O2. The van der Waals surface area contributed by atoms with Crippen LogP contribution in [0.3, 0.4) is 0 Å². The molecule has 0 amide bonds. The fraction of sp³-hybridized carbons (Fsp3) is 0.250. The molecule has 0 heterocycles. The number of nitro benzene ring substituents is 1. The Morgan fingerprint density at radius 2 is 1.90 bits per heavy atom. The largest absolute Gasteiger partial charge is 0.312 e. The number of nitrogens with one attached hydrogen (secondary N) is 1. The van der Waals surface area contributed by atoms with Crippen molar-refractivity contribution in [2.45, 2.75) is 19.9 Å². The summed E-state index contributed by atoms with van der Waals surface area (Å²) in [4.78, 5) is 10.7. The van der Waals surface area contributed by atoms with Crippen molar-refractivity contribution in [2.24, 2.45) is 0 Å². The van der Waals surface area contributed by atoms with Gasteiger partial charge in [-0.1, -0.05) is 42.5 Å². The molecule has 0 radical (unpaired) electrons. The smallest absolute Gasteiger partial charge is 0.274 e. The van der Waals surface area contributed by atoms with Gasteiger partial charge in [-0.2, -0.15) is 0 Å². The third kappa shape index (κ3) is 3.90. The second-order valence-electron chi connectivity index (χ2n) is 4.80. The van der Waals surface area contributed by atoms with E-state index >= 15 is 0 Å². The van der Waals surface area contributed by atoms with Gasteiger partial charge in [0.25, 0.3) is 5.69 Å². The van der Waals surface area contributed by atoms with E-state index < -0.39 is 0 Å². The molecule has 0 unspecified atom stereocenters. The van der Waals surface area contributed by atoms with Gasteiger partial charge in [0.2, 0.25) is 0 Å². The molecule has 2 rings (SSSR count). The first kappa shape index (κ1) is 14.2. The normalized spacial score (nSPS) is 10.4. The van der Waals surface area contributed by atoms with Crippen molar-refractivity contribution >= 4 is 5.69 Å². The molecule has 0 atom stereocenters. The second-order valence-corrected chi connectivity index (χ2v) is 4.80. The average Bonchev–Trinajstić information content (AvgIpc) is 2.45. The number of aryl methyl sites for hydroxylation is 1. The van der Waals surface area contributed by atoms with Crippen molar-refractivity contribution in [2.75, 3.05) is 6.54 Å². The van der Waals surface area contributed by atoms with Gasteiger partial charge in [-0.15, -0.1) is 0 Å². The van der Waals surface area contributed by atoms with E-state index in [1.54, 1.807) is 6.07 Å². The molecule has 0 saturated heterocycles. The molecule has 0 aromatic heterocycles. The van der Waals surface area contributed by atoms with Crippen LogP contribution >= 0.6 is 0 Å². The number of rotatable bonds is 6. The van der Waals surface area contributed by atoms with Crippen LogP contribution in [0.25, 0.3) is 0 Å². The average molecular weight is 270 g/mol. The minimum absolute atomic E-state index is 0.192. The van der Waals surface area contributed by atoms with E-state index in [1.165, 1.54) is 5.56 Å². The van der Waals surface area contributed by atoms with E-state index in [1.807, 2.05) is 37.3 Å². The molecule has 0 aliphatic rings. The number of nitrogens with zero attached hydrogens (tertiary/aromatic N) is 1. The summed E-state index contributed by atoms with van der Waals surface area (Å²) in [6, 6.07) is 15.5. The molecule has 0 spiro atoms. The summed E-state index contributed by atoms with van der Waals surface area (Å²) in [5, 5.41) is 14.3. The van der Waals surface area contributed by atoms with E-state index in [0.29, 0.717) is 6.54 Å². The van der Waals surface area contributed by atoms with E-state index in [0.717, 1.165) is 24.1 Å². The standard InChI is InChI=1S/C16H18N2O2/c1-13-7-8-15(16(11-13)18(19)20)12-17-10-9-14-5-3-2-4-6-14/h2-8,11,17H,9-10,12H2,1H3. The molecule has 20 heavy (non-hydrogen) atoms. The molecule has 2 aromatic carbocycles. The van der Waals surface area contributed by atoms with Gasteiger partial charge in [0, 0.05) is 18.2 Å². The lowest BCUT2D eigenvalue weighted by molar-refractivity contribution is -0.385. The number of hydrogen-bond acceptors (Lipinski definition) is 3. The number of hydrogen-bond donors (Lipinski definition) is 1. The first-order chi connectivity index (χ1) is 9.66. The highest BCUT2D eigenvalue weighted by Gasteiger charge is 2.12.